The van der Waals surface area contributed by atoms with E-state index in [9.17, 15) is 23.2 Å². The van der Waals surface area contributed by atoms with E-state index in [-0.39, 0.29) is 22.4 Å². The van der Waals surface area contributed by atoms with Gasteiger partial charge in [0.1, 0.15) is 22.5 Å². The predicted molar refractivity (Wildman–Crippen MR) is 107 cm³/mol. The summed E-state index contributed by atoms with van der Waals surface area (Å²) in [6.45, 7) is 3.78. The van der Waals surface area contributed by atoms with Crippen LogP contribution in [-0.2, 0) is 17.4 Å². The Morgan fingerprint density at radius 3 is 2.77 bits per heavy atom. The molecule has 30 heavy (non-hydrogen) atoms. The lowest BCUT2D eigenvalue weighted by Gasteiger charge is -2.09. The number of nitrogens with one attached hydrogen (secondary N) is 1. The number of amides is 1. The second kappa shape index (κ2) is 8.89. The van der Waals surface area contributed by atoms with Crippen LogP contribution >= 0.6 is 23.1 Å². The Labute approximate surface area is 178 Å². The molecule has 0 aliphatic rings. The molecule has 0 saturated heterocycles. The summed E-state index contributed by atoms with van der Waals surface area (Å²) in [5, 5.41) is 12.2. The second-order valence-electron chi connectivity index (χ2n) is 6.04. The highest BCUT2D eigenvalue weighted by molar-refractivity contribution is 7.99. The number of carbonyl (C=O) groups excluding carboxylic acids is 1. The minimum Gasteiger partial charge on any atom is -0.463 e. The van der Waals surface area contributed by atoms with Gasteiger partial charge in [0.15, 0.2) is 10.9 Å². The average molecular weight is 452 g/mol. The van der Waals surface area contributed by atoms with E-state index in [0.717, 1.165) is 28.3 Å². The second-order valence-corrected chi connectivity index (χ2v) is 8.21. The zero-order valence-corrected chi connectivity index (χ0v) is 17.5. The molecule has 1 N–H and O–H groups in total. The van der Waals surface area contributed by atoms with E-state index < -0.39 is 17.8 Å². The van der Waals surface area contributed by atoms with E-state index in [0.29, 0.717) is 17.0 Å². The fourth-order valence-corrected chi connectivity index (χ4v) is 4.46. The lowest BCUT2D eigenvalue weighted by Crippen LogP contribution is -2.15. The molecule has 0 fully saturated rings. The van der Waals surface area contributed by atoms with Gasteiger partial charge in [-0.1, -0.05) is 18.7 Å². The number of nitrogens with zero attached hydrogens (tertiary/aromatic N) is 3. The van der Waals surface area contributed by atoms with Gasteiger partial charge in [-0.2, -0.15) is 18.4 Å². The summed E-state index contributed by atoms with van der Waals surface area (Å²) >= 11 is 2.06. The van der Waals surface area contributed by atoms with Crippen LogP contribution in [0.1, 0.15) is 28.6 Å². The zero-order chi connectivity index (χ0) is 21.9. The van der Waals surface area contributed by atoms with Gasteiger partial charge in [0.2, 0.25) is 5.91 Å². The first-order valence-corrected chi connectivity index (χ1v) is 10.5. The van der Waals surface area contributed by atoms with Crippen molar-refractivity contribution in [3.05, 3.63) is 46.2 Å². The van der Waals surface area contributed by atoms with E-state index >= 15 is 0 Å². The average Bonchev–Trinajstić information content (AvgIpc) is 3.33. The van der Waals surface area contributed by atoms with Gasteiger partial charge in [0.05, 0.1) is 17.6 Å². The number of halogens is 3. The number of thiophene rings is 1. The van der Waals surface area contributed by atoms with Crippen molar-refractivity contribution < 1.29 is 22.4 Å². The number of nitriles is 1. The van der Waals surface area contributed by atoms with Crippen molar-refractivity contribution in [2.45, 2.75) is 31.6 Å². The number of aryl methyl sites for hydroxylation is 1. The molecule has 11 heteroatoms. The summed E-state index contributed by atoms with van der Waals surface area (Å²) in [4.78, 5) is 20.8. The summed E-state index contributed by atoms with van der Waals surface area (Å²) in [6.07, 6.45) is -2.69. The summed E-state index contributed by atoms with van der Waals surface area (Å²) in [7, 11) is 0. The van der Waals surface area contributed by atoms with Gasteiger partial charge in [-0.15, -0.1) is 11.3 Å². The van der Waals surface area contributed by atoms with Gasteiger partial charge in [0.25, 0.3) is 0 Å². The van der Waals surface area contributed by atoms with Crippen molar-refractivity contribution in [1.82, 2.24) is 9.97 Å². The molecule has 0 aliphatic heterocycles. The summed E-state index contributed by atoms with van der Waals surface area (Å²) in [6, 6.07) is 5.90. The van der Waals surface area contributed by atoms with E-state index in [1.165, 1.54) is 29.7 Å². The molecule has 3 aromatic heterocycles. The number of anilines is 1. The molecule has 0 radical (unpaired) electrons. The molecule has 0 aliphatic carbocycles. The smallest absolute Gasteiger partial charge is 0.433 e. The van der Waals surface area contributed by atoms with E-state index in [2.05, 4.69) is 21.4 Å². The Morgan fingerprint density at radius 1 is 1.40 bits per heavy atom. The van der Waals surface area contributed by atoms with Crippen molar-refractivity contribution in [3.63, 3.8) is 0 Å². The first-order chi connectivity index (χ1) is 14.2. The number of aromatic nitrogens is 2. The highest BCUT2D eigenvalue weighted by atomic mass is 32.2. The molecule has 1 amide bonds. The van der Waals surface area contributed by atoms with Crippen LogP contribution in [0, 0.1) is 18.3 Å². The van der Waals surface area contributed by atoms with Gasteiger partial charge in [-0.05, 0) is 37.1 Å². The Morgan fingerprint density at radius 2 is 2.17 bits per heavy atom. The molecule has 3 rings (SSSR count). The Balaban J connectivity index is 1.78. The van der Waals surface area contributed by atoms with Gasteiger partial charge in [-0.25, -0.2) is 9.97 Å². The van der Waals surface area contributed by atoms with Crippen LogP contribution < -0.4 is 5.32 Å². The number of hydrogen-bond acceptors (Lipinski definition) is 7. The van der Waals surface area contributed by atoms with Gasteiger partial charge in [0, 0.05) is 4.88 Å². The molecule has 0 bridgehead atoms. The van der Waals surface area contributed by atoms with Crippen LogP contribution in [0.3, 0.4) is 0 Å². The third-order valence-corrected chi connectivity index (χ3v) is 5.94. The van der Waals surface area contributed by atoms with Crippen molar-refractivity contribution >= 4 is 34.0 Å². The van der Waals surface area contributed by atoms with Gasteiger partial charge >= 0.3 is 6.18 Å². The first-order valence-electron chi connectivity index (χ1n) is 8.68. The fourth-order valence-electron chi connectivity index (χ4n) is 2.69. The van der Waals surface area contributed by atoms with Crippen molar-refractivity contribution in [2.24, 2.45) is 0 Å². The summed E-state index contributed by atoms with van der Waals surface area (Å²) in [5.74, 6) is -0.530. The highest BCUT2D eigenvalue weighted by Gasteiger charge is 2.34. The molecule has 6 nitrogen and oxygen atoms in total. The number of rotatable bonds is 6. The zero-order valence-electron chi connectivity index (χ0n) is 15.8. The van der Waals surface area contributed by atoms with Gasteiger partial charge < -0.3 is 9.73 Å². The van der Waals surface area contributed by atoms with Crippen molar-refractivity contribution in [1.29, 1.82) is 5.26 Å². The Bertz CT molecular complexity index is 1100. The highest BCUT2D eigenvalue weighted by Crippen LogP contribution is 2.34. The Kier molecular flexibility index (Phi) is 6.48. The molecule has 0 spiro atoms. The van der Waals surface area contributed by atoms with E-state index in [4.69, 9.17) is 4.42 Å². The summed E-state index contributed by atoms with van der Waals surface area (Å²) in [5.41, 5.74) is 0.127. The van der Waals surface area contributed by atoms with E-state index in [1.54, 1.807) is 0 Å². The largest absolute Gasteiger partial charge is 0.463 e. The molecule has 0 unspecified atom stereocenters. The van der Waals surface area contributed by atoms with Crippen LogP contribution in [0.2, 0.25) is 0 Å². The van der Waals surface area contributed by atoms with Crippen molar-refractivity contribution in [2.75, 3.05) is 11.1 Å². The van der Waals surface area contributed by atoms with Crippen LogP contribution in [0.5, 0.6) is 0 Å². The predicted octanol–water partition coefficient (Wildman–Crippen LogP) is 5.29. The van der Waals surface area contributed by atoms with Crippen LogP contribution in [0.15, 0.2) is 34.0 Å². The quantitative estimate of drug-likeness (QED) is 0.404. The van der Waals surface area contributed by atoms with Gasteiger partial charge in [-0.3, -0.25) is 4.79 Å². The SMILES string of the molecule is CCc1c(C)sc(NC(=O)CSc2nc(-c3ccco3)cc(C(F)(F)F)n2)c1C#N. The maximum absolute atomic E-state index is 13.2. The normalized spacial score (nSPS) is 11.3. The molecule has 156 valence electrons. The molecule has 3 aromatic rings. The maximum atomic E-state index is 13.2. The molecule has 0 aromatic carbocycles. The monoisotopic (exact) mass is 452 g/mol. The minimum atomic E-state index is -4.67. The molecular formula is C19H15F3N4O2S2. The molecular weight excluding hydrogens is 437 g/mol. The molecule has 3 heterocycles. The standard InChI is InChI=1S/C19H15F3N4O2S2/c1-3-11-10(2)30-17(12(11)8-23)26-16(27)9-29-18-24-13(14-5-4-6-28-14)7-15(25-18)19(20,21)22/h4-7H,3,9H2,1-2H3,(H,26,27). The lowest BCUT2D eigenvalue weighted by molar-refractivity contribution is -0.141. The number of alkyl halides is 3. The molecule has 0 saturated carbocycles. The number of carbonyl (C=O) groups is 1. The lowest BCUT2D eigenvalue weighted by atomic mass is 10.1. The number of thioether (sulfide) groups is 1. The van der Waals surface area contributed by atoms with Crippen LogP contribution in [-0.4, -0.2) is 21.6 Å². The Hall–Kier alpha value is -2.84. The van der Waals surface area contributed by atoms with Crippen molar-refractivity contribution in [3.8, 4) is 17.5 Å². The fraction of sp³-hybridized carbons (Fsp3) is 0.263. The minimum absolute atomic E-state index is 0.0292. The number of hydrogen-bond donors (Lipinski definition) is 1. The molecule has 0 atom stereocenters. The number of furan rings is 1. The van der Waals surface area contributed by atoms with E-state index in [1.807, 2.05) is 13.8 Å². The third kappa shape index (κ3) is 4.83. The summed E-state index contributed by atoms with van der Waals surface area (Å²) < 4.78 is 44.7. The van der Waals surface area contributed by atoms with Crippen LogP contribution in [0.25, 0.3) is 11.5 Å². The maximum Gasteiger partial charge on any atom is 0.433 e. The topological polar surface area (TPSA) is 91.8 Å². The first kappa shape index (κ1) is 21.9. The third-order valence-electron chi connectivity index (χ3n) is 4.03. The van der Waals surface area contributed by atoms with Crippen LogP contribution in [0.4, 0.5) is 18.2 Å².